The van der Waals surface area contributed by atoms with Gasteiger partial charge in [0.1, 0.15) is 11.6 Å². The number of primary sulfonamides is 1. The Bertz CT molecular complexity index is 2990. The Morgan fingerprint density at radius 1 is 0.681 bits per heavy atom. The van der Waals surface area contributed by atoms with Crippen molar-refractivity contribution in [2.75, 3.05) is 43.0 Å². The van der Waals surface area contributed by atoms with Crippen LogP contribution in [0, 0.1) is 23.2 Å². The van der Waals surface area contributed by atoms with Gasteiger partial charge in [-0.15, -0.1) is 5.26 Å². The van der Waals surface area contributed by atoms with Crippen molar-refractivity contribution in [3.63, 3.8) is 0 Å². The summed E-state index contributed by atoms with van der Waals surface area (Å²) in [4.78, 5) is 25.1. The SMILES string of the molecule is CCN(CCCS(=O)(=O)NC(=O)Nc1c(-c2ccncc2)cc(F)c2c1CCC2)Cc1ccccc1.CCN(CCCS(N)(=O)=O)Cc1ccccc1.N#COc1c(-c2ccncc2)cc(F)c2c1CCC2. The highest BCUT2D eigenvalue weighted by atomic mass is 32.2. The Hall–Kier alpha value is -6.62. The second-order valence-corrected chi connectivity index (χ2v) is 21.0. The maximum atomic E-state index is 14.8. The summed E-state index contributed by atoms with van der Waals surface area (Å²) in [7, 11) is -7.18. The van der Waals surface area contributed by atoms with Crippen LogP contribution in [0.2, 0.25) is 0 Å². The Morgan fingerprint density at radius 3 is 1.64 bits per heavy atom. The monoisotopic (exact) mass is 1020 g/mol. The molecule has 0 bridgehead atoms. The van der Waals surface area contributed by atoms with E-state index in [2.05, 4.69) is 48.9 Å². The molecule has 0 fully saturated rings. The number of anilines is 1. The molecule has 0 saturated carbocycles. The number of hydrogen-bond donors (Lipinski definition) is 3. The van der Waals surface area contributed by atoms with Gasteiger partial charge >= 0.3 is 6.03 Å². The van der Waals surface area contributed by atoms with Gasteiger partial charge in [0.15, 0.2) is 5.75 Å². The third-order valence-corrected chi connectivity index (χ3v) is 14.6. The molecule has 4 N–H and O–H groups in total. The van der Waals surface area contributed by atoms with Gasteiger partial charge in [-0.3, -0.25) is 19.8 Å². The number of aromatic nitrogens is 2. The summed E-state index contributed by atoms with van der Waals surface area (Å²) in [6.07, 6.45) is 13.5. The van der Waals surface area contributed by atoms with Gasteiger partial charge in [0.2, 0.25) is 20.0 Å². The van der Waals surface area contributed by atoms with Crippen molar-refractivity contribution in [3.8, 4) is 34.3 Å². The van der Waals surface area contributed by atoms with E-state index in [1.54, 1.807) is 55.3 Å². The van der Waals surface area contributed by atoms with Crippen LogP contribution < -0.4 is 19.9 Å². The molecule has 4 aromatic carbocycles. The number of fused-ring (bicyclic) bond motifs is 2. The number of ether oxygens (including phenoxy) is 1. The van der Waals surface area contributed by atoms with Gasteiger partial charge in [-0.05, 0) is 153 Å². The van der Waals surface area contributed by atoms with E-state index in [0.717, 1.165) is 68.7 Å². The zero-order valence-electron chi connectivity index (χ0n) is 40.7. The van der Waals surface area contributed by atoms with Crippen molar-refractivity contribution in [3.05, 3.63) is 167 Å². The second kappa shape index (κ2) is 26.7. The fourth-order valence-corrected chi connectivity index (χ4v) is 10.4. The average molecular weight is 1020 g/mol. The molecule has 380 valence electrons. The summed E-state index contributed by atoms with van der Waals surface area (Å²) in [5, 5.41) is 16.5. The zero-order chi connectivity index (χ0) is 51.5. The minimum Gasteiger partial charge on any atom is -0.387 e. The molecule has 14 nitrogen and oxygen atoms in total. The largest absolute Gasteiger partial charge is 0.387 e. The number of nitrogens with zero attached hydrogens (tertiary/aromatic N) is 5. The average Bonchev–Trinajstić information content (AvgIpc) is 4.09. The first-order chi connectivity index (χ1) is 34.7. The highest BCUT2D eigenvalue weighted by molar-refractivity contribution is 7.90. The predicted octanol–water partition coefficient (Wildman–Crippen LogP) is 9.16. The van der Waals surface area contributed by atoms with Crippen molar-refractivity contribution in [1.29, 1.82) is 5.26 Å². The molecule has 2 heterocycles. The Morgan fingerprint density at radius 2 is 1.14 bits per heavy atom. The van der Waals surface area contributed by atoms with Gasteiger partial charge in [-0.25, -0.2) is 40.3 Å². The molecule has 6 aromatic rings. The van der Waals surface area contributed by atoms with E-state index in [4.69, 9.17) is 15.1 Å². The van der Waals surface area contributed by atoms with Gasteiger partial charge < -0.3 is 10.1 Å². The molecular weight excluding hydrogens is 959 g/mol. The number of nitrogens with two attached hydrogens (primary N) is 1. The number of urea groups is 1. The molecule has 2 aromatic heterocycles. The summed E-state index contributed by atoms with van der Waals surface area (Å²) < 4.78 is 83.0. The normalized spacial score (nSPS) is 12.7. The van der Waals surface area contributed by atoms with E-state index in [1.165, 1.54) is 17.7 Å². The molecule has 0 radical (unpaired) electrons. The van der Waals surface area contributed by atoms with Crippen LogP contribution in [-0.4, -0.2) is 80.3 Å². The van der Waals surface area contributed by atoms with E-state index in [1.807, 2.05) is 55.5 Å². The number of benzene rings is 4. The van der Waals surface area contributed by atoms with Gasteiger partial charge in [0.25, 0.3) is 6.26 Å². The summed E-state index contributed by atoms with van der Waals surface area (Å²) in [6, 6.07) is 29.2. The summed E-state index contributed by atoms with van der Waals surface area (Å²) in [5.74, 6) is -0.168. The number of nitriles is 1. The fourth-order valence-electron chi connectivity index (χ4n) is 8.92. The van der Waals surface area contributed by atoms with Crippen LogP contribution in [0.15, 0.2) is 122 Å². The molecule has 2 amide bonds. The van der Waals surface area contributed by atoms with E-state index >= 15 is 0 Å². The summed E-state index contributed by atoms with van der Waals surface area (Å²) in [5.41, 5.74) is 8.26. The lowest BCUT2D eigenvalue weighted by molar-refractivity contribution is 0.256. The van der Waals surface area contributed by atoms with Gasteiger partial charge in [0, 0.05) is 54.6 Å². The van der Waals surface area contributed by atoms with Crippen molar-refractivity contribution in [2.45, 2.75) is 78.3 Å². The first kappa shape index (κ1) is 54.7. The number of amides is 2. The zero-order valence-corrected chi connectivity index (χ0v) is 42.3. The molecule has 0 aliphatic heterocycles. The number of halogens is 2. The van der Waals surface area contributed by atoms with Crippen LogP contribution >= 0.6 is 0 Å². The number of carbonyl (C=O) groups is 1. The molecule has 72 heavy (non-hydrogen) atoms. The third-order valence-electron chi connectivity index (χ3n) is 12.4. The van der Waals surface area contributed by atoms with Crippen molar-refractivity contribution in [1.82, 2.24) is 24.5 Å². The lowest BCUT2D eigenvalue weighted by Crippen LogP contribution is -2.37. The van der Waals surface area contributed by atoms with Gasteiger partial charge in [-0.1, -0.05) is 74.5 Å². The van der Waals surface area contributed by atoms with Crippen molar-refractivity contribution >= 4 is 31.8 Å². The number of pyridine rings is 2. The molecule has 8 rings (SSSR count). The molecule has 2 aliphatic carbocycles. The number of hydrogen-bond acceptors (Lipinski definition) is 11. The second-order valence-electron chi connectivity index (χ2n) is 17.5. The summed E-state index contributed by atoms with van der Waals surface area (Å²) >= 11 is 0. The topological polar surface area (TPSA) is 201 Å². The molecule has 2 aliphatic rings. The standard InChI is InChI=1S/C27H31FN4O3S.C15H11FN2O.C12H20N2O2S/c1-2-32(19-20-8-4-3-5-9-20)16-7-17-36(34,35)31-27(33)30-26-23-11-6-10-22(23)25(28)18-24(26)21-12-14-29-15-13-21;16-14-8-13(10-4-6-18-7-5-10)15(19-9-17)12-3-1-2-11(12)14;1-2-14(9-6-10-17(13,15)16)11-12-7-4-3-5-8-12/h3-5,8-9,12-15,18H,2,6-7,10-11,16-17,19H2,1H3,(H2,30,31,33);4-8H,1-3H2;3-5,7-8H,2,6,9-11H2,1H3,(H2,13,15,16). The van der Waals surface area contributed by atoms with E-state index in [-0.39, 0.29) is 23.1 Å². The quantitative estimate of drug-likeness (QED) is 0.0654. The van der Waals surface area contributed by atoms with E-state index in [9.17, 15) is 30.4 Å². The van der Waals surface area contributed by atoms with Gasteiger partial charge in [0.05, 0.1) is 17.2 Å². The number of rotatable bonds is 19. The number of sulfonamides is 2. The lowest BCUT2D eigenvalue weighted by atomic mass is 9.97. The van der Waals surface area contributed by atoms with Crippen LogP contribution in [0.1, 0.15) is 72.9 Å². The van der Waals surface area contributed by atoms with Crippen LogP contribution in [0.25, 0.3) is 22.3 Å². The van der Waals surface area contributed by atoms with Gasteiger partial charge in [-0.2, -0.15) is 0 Å². The Labute approximate surface area is 422 Å². The predicted molar refractivity (Wildman–Crippen MR) is 277 cm³/mol. The van der Waals surface area contributed by atoms with Crippen molar-refractivity contribution in [2.24, 2.45) is 5.14 Å². The van der Waals surface area contributed by atoms with Crippen LogP contribution in [0.4, 0.5) is 19.3 Å². The minimum absolute atomic E-state index is 0.0539. The van der Waals surface area contributed by atoms with Crippen LogP contribution in [0.3, 0.4) is 0 Å². The number of nitrogens with one attached hydrogen (secondary N) is 2. The smallest absolute Gasteiger partial charge is 0.332 e. The third kappa shape index (κ3) is 16.2. The lowest BCUT2D eigenvalue weighted by Gasteiger charge is -2.20. The van der Waals surface area contributed by atoms with Crippen LogP contribution in [0.5, 0.6) is 5.75 Å². The van der Waals surface area contributed by atoms with E-state index < -0.39 is 26.1 Å². The van der Waals surface area contributed by atoms with E-state index in [0.29, 0.717) is 83.5 Å². The highest BCUT2D eigenvalue weighted by Crippen LogP contribution is 2.41. The Kier molecular flexibility index (Phi) is 20.3. The van der Waals surface area contributed by atoms with Crippen LogP contribution in [-0.2, 0) is 58.8 Å². The highest BCUT2D eigenvalue weighted by Gasteiger charge is 2.26. The molecule has 0 spiro atoms. The number of carbonyl (C=O) groups excluding carboxylic acids is 1. The molecule has 0 unspecified atom stereocenters. The first-order valence-corrected chi connectivity index (χ1v) is 27.4. The van der Waals surface area contributed by atoms with Crippen molar-refractivity contribution < 1.29 is 35.1 Å². The Balaban J connectivity index is 0.000000197. The molecule has 0 atom stereocenters. The molecular formula is C54H62F2N8O6S2. The molecule has 18 heteroatoms. The summed E-state index contributed by atoms with van der Waals surface area (Å²) in [6.45, 7) is 8.72. The maximum Gasteiger partial charge on any atom is 0.332 e. The first-order valence-electron chi connectivity index (χ1n) is 24.1. The molecule has 0 saturated heterocycles. The minimum atomic E-state index is -3.85. The fraction of sp³-hybridized carbons (Fsp3) is 0.333. The maximum absolute atomic E-state index is 14.8.